The number of carbonyl (C=O) groups is 2. The molecule has 138 valence electrons. The van der Waals surface area contributed by atoms with Gasteiger partial charge in [-0.25, -0.2) is 0 Å². The molecule has 0 aliphatic heterocycles. The molecule has 0 heterocycles. The quantitative estimate of drug-likeness (QED) is 0.740. The molecule has 0 radical (unpaired) electrons. The zero-order valence-corrected chi connectivity index (χ0v) is 16.4. The summed E-state index contributed by atoms with van der Waals surface area (Å²) in [6.45, 7) is 4.43. The first-order valence-electron chi connectivity index (χ1n) is 8.48. The summed E-state index contributed by atoms with van der Waals surface area (Å²) in [5.74, 6) is -0.380. The third kappa shape index (κ3) is 5.75. The normalized spacial score (nSPS) is 10.5. The summed E-state index contributed by atoms with van der Waals surface area (Å²) >= 11 is 12.0. The molecule has 2 aromatic carbocycles. The van der Waals surface area contributed by atoms with Crippen LogP contribution in [0.3, 0.4) is 0 Å². The van der Waals surface area contributed by atoms with Gasteiger partial charge in [-0.05, 0) is 42.7 Å². The number of halogens is 2. The van der Waals surface area contributed by atoms with Crippen molar-refractivity contribution in [2.75, 3.05) is 18.4 Å². The van der Waals surface area contributed by atoms with Crippen LogP contribution in [-0.2, 0) is 16.0 Å². The second kappa shape index (κ2) is 9.60. The van der Waals surface area contributed by atoms with E-state index in [1.165, 1.54) is 0 Å². The number of nitrogens with zero attached hydrogens (tertiary/aromatic N) is 1. The van der Waals surface area contributed by atoms with Gasteiger partial charge in [0.15, 0.2) is 0 Å². The summed E-state index contributed by atoms with van der Waals surface area (Å²) in [5, 5.41) is 3.60. The fourth-order valence-corrected chi connectivity index (χ4v) is 2.94. The molecule has 0 spiro atoms. The van der Waals surface area contributed by atoms with Crippen LogP contribution >= 0.6 is 23.2 Å². The Hall–Kier alpha value is -2.04. The van der Waals surface area contributed by atoms with Crippen LogP contribution < -0.4 is 5.32 Å². The van der Waals surface area contributed by atoms with Gasteiger partial charge in [0.25, 0.3) is 0 Å². The van der Waals surface area contributed by atoms with E-state index in [9.17, 15) is 9.59 Å². The summed E-state index contributed by atoms with van der Waals surface area (Å²) in [6, 6.07) is 12.6. The zero-order chi connectivity index (χ0) is 19.1. The van der Waals surface area contributed by atoms with E-state index in [4.69, 9.17) is 23.2 Å². The monoisotopic (exact) mass is 392 g/mol. The van der Waals surface area contributed by atoms with Crippen LogP contribution in [0.1, 0.15) is 24.5 Å². The van der Waals surface area contributed by atoms with Crippen molar-refractivity contribution in [1.82, 2.24) is 4.90 Å². The molecule has 1 N–H and O–H groups in total. The van der Waals surface area contributed by atoms with Crippen LogP contribution in [0, 0.1) is 6.92 Å². The SMILES string of the molecule is CCCN(CC(=O)Nc1cc(Cl)ccc1Cl)C(=O)Cc1ccccc1C. The van der Waals surface area contributed by atoms with Gasteiger partial charge in [-0.1, -0.05) is 54.4 Å². The first-order valence-corrected chi connectivity index (χ1v) is 9.23. The van der Waals surface area contributed by atoms with Gasteiger partial charge in [0.2, 0.25) is 11.8 Å². The zero-order valence-electron chi connectivity index (χ0n) is 14.9. The molecule has 0 unspecified atom stereocenters. The number of anilines is 1. The van der Waals surface area contributed by atoms with Gasteiger partial charge >= 0.3 is 0 Å². The number of hydrogen-bond acceptors (Lipinski definition) is 2. The molecule has 4 nitrogen and oxygen atoms in total. The molecule has 0 bridgehead atoms. The first kappa shape index (κ1) is 20.3. The number of nitrogens with one attached hydrogen (secondary N) is 1. The average Bonchev–Trinajstić information content (AvgIpc) is 2.59. The lowest BCUT2D eigenvalue weighted by Crippen LogP contribution is -2.39. The van der Waals surface area contributed by atoms with E-state index in [-0.39, 0.29) is 24.8 Å². The molecule has 0 atom stereocenters. The van der Waals surface area contributed by atoms with Gasteiger partial charge < -0.3 is 10.2 Å². The molecule has 0 aromatic heterocycles. The molecule has 0 saturated heterocycles. The third-order valence-corrected chi connectivity index (χ3v) is 4.55. The van der Waals surface area contributed by atoms with Gasteiger partial charge in [-0.2, -0.15) is 0 Å². The molecule has 0 aliphatic carbocycles. The van der Waals surface area contributed by atoms with Gasteiger partial charge in [0.05, 0.1) is 23.7 Å². The Balaban J connectivity index is 2.04. The van der Waals surface area contributed by atoms with E-state index in [1.807, 2.05) is 38.1 Å². The lowest BCUT2D eigenvalue weighted by molar-refractivity contribution is -0.134. The smallest absolute Gasteiger partial charge is 0.244 e. The van der Waals surface area contributed by atoms with Gasteiger partial charge in [0.1, 0.15) is 0 Å². The van der Waals surface area contributed by atoms with Crippen molar-refractivity contribution in [3.8, 4) is 0 Å². The maximum atomic E-state index is 12.7. The molecule has 0 fully saturated rings. The predicted molar refractivity (Wildman–Crippen MR) is 107 cm³/mol. The maximum absolute atomic E-state index is 12.7. The van der Waals surface area contributed by atoms with Crippen LogP contribution in [-0.4, -0.2) is 29.8 Å². The summed E-state index contributed by atoms with van der Waals surface area (Å²) < 4.78 is 0. The number of benzene rings is 2. The Kier molecular flexibility index (Phi) is 7.49. The standard InChI is InChI=1S/C20H22Cl2N2O2/c1-3-10-24(20(26)11-15-7-5-4-6-14(15)2)13-19(25)23-18-12-16(21)8-9-17(18)22/h4-9,12H,3,10-11,13H2,1-2H3,(H,23,25). The highest BCUT2D eigenvalue weighted by Crippen LogP contribution is 2.25. The lowest BCUT2D eigenvalue weighted by atomic mass is 10.1. The molecular formula is C20H22Cl2N2O2. The Morgan fingerprint density at radius 3 is 2.54 bits per heavy atom. The lowest BCUT2D eigenvalue weighted by Gasteiger charge is -2.22. The van der Waals surface area contributed by atoms with E-state index in [1.54, 1.807) is 23.1 Å². The largest absolute Gasteiger partial charge is 0.333 e. The minimum absolute atomic E-state index is 0.0264. The van der Waals surface area contributed by atoms with Crippen LogP contribution in [0.15, 0.2) is 42.5 Å². The number of amides is 2. The van der Waals surface area contributed by atoms with Crippen LogP contribution in [0.4, 0.5) is 5.69 Å². The van der Waals surface area contributed by atoms with Crippen LogP contribution in [0.25, 0.3) is 0 Å². The number of rotatable bonds is 7. The maximum Gasteiger partial charge on any atom is 0.244 e. The van der Waals surface area contributed by atoms with E-state index in [0.29, 0.717) is 22.3 Å². The van der Waals surface area contributed by atoms with Crippen LogP contribution in [0.2, 0.25) is 10.0 Å². The third-order valence-electron chi connectivity index (χ3n) is 3.99. The van der Waals surface area contributed by atoms with E-state index < -0.39 is 0 Å². The predicted octanol–water partition coefficient (Wildman–Crippen LogP) is 4.72. The summed E-state index contributed by atoms with van der Waals surface area (Å²) in [7, 11) is 0. The van der Waals surface area contributed by atoms with Gasteiger partial charge in [-0.15, -0.1) is 0 Å². The Morgan fingerprint density at radius 1 is 1.12 bits per heavy atom. The Labute approximate surface area is 164 Å². The van der Waals surface area contributed by atoms with Crippen LogP contribution in [0.5, 0.6) is 0 Å². The van der Waals surface area contributed by atoms with Gasteiger partial charge in [0, 0.05) is 11.6 Å². The van der Waals surface area contributed by atoms with Crippen molar-refractivity contribution < 1.29 is 9.59 Å². The molecule has 2 amide bonds. The summed E-state index contributed by atoms with van der Waals surface area (Å²) in [4.78, 5) is 26.6. The van der Waals surface area contributed by atoms with E-state index in [2.05, 4.69) is 5.32 Å². The highest BCUT2D eigenvalue weighted by atomic mass is 35.5. The minimum Gasteiger partial charge on any atom is -0.333 e. The fraction of sp³-hybridized carbons (Fsp3) is 0.300. The molecule has 2 aromatic rings. The highest BCUT2D eigenvalue weighted by Gasteiger charge is 2.18. The van der Waals surface area contributed by atoms with Gasteiger partial charge in [-0.3, -0.25) is 9.59 Å². The van der Waals surface area contributed by atoms with Crippen molar-refractivity contribution in [3.63, 3.8) is 0 Å². The first-order chi connectivity index (χ1) is 12.4. The van der Waals surface area contributed by atoms with Crippen molar-refractivity contribution in [3.05, 3.63) is 63.6 Å². The number of hydrogen-bond donors (Lipinski definition) is 1. The van der Waals surface area contributed by atoms with Crippen molar-refractivity contribution in [2.45, 2.75) is 26.7 Å². The molecule has 6 heteroatoms. The fourth-order valence-electron chi connectivity index (χ4n) is 2.60. The molecule has 26 heavy (non-hydrogen) atoms. The minimum atomic E-state index is -0.305. The van der Waals surface area contributed by atoms with Crippen molar-refractivity contribution in [1.29, 1.82) is 0 Å². The van der Waals surface area contributed by atoms with Crippen molar-refractivity contribution >= 4 is 40.7 Å². The Bertz CT molecular complexity index is 793. The molecular weight excluding hydrogens is 371 g/mol. The number of carbonyl (C=O) groups excluding carboxylic acids is 2. The summed E-state index contributed by atoms with van der Waals surface area (Å²) in [6.07, 6.45) is 1.04. The summed E-state index contributed by atoms with van der Waals surface area (Å²) in [5.41, 5.74) is 2.47. The highest BCUT2D eigenvalue weighted by molar-refractivity contribution is 6.35. The Morgan fingerprint density at radius 2 is 1.85 bits per heavy atom. The number of aryl methyl sites for hydroxylation is 1. The molecule has 0 saturated carbocycles. The molecule has 2 rings (SSSR count). The van der Waals surface area contributed by atoms with Crippen molar-refractivity contribution in [2.24, 2.45) is 0 Å². The van der Waals surface area contributed by atoms with E-state index in [0.717, 1.165) is 17.5 Å². The molecule has 0 aliphatic rings. The van der Waals surface area contributed by atoms with E-state index >= 15 is 0 Å². The second-order valence-corrected chi connectivity index (χ2v) is 6.93. The average molecular weight is 393 g/mol. The second-order valence-electron chi connectivity index (χ2n) is 6.09. The topological polar surface area (TPSA) is 49.4 Å².